The minimum Gasteiger partial charge on any atom is -0.356 e. The molecule has 1 N–H and O–H groups in total. The topological polar surface area (TPSA) is 71.0 Å². The van der Waals surface area contributed by atoms with Gasteiger partial charge in [-0.3, -0.25) is 9.78 Å². The van der Waals surface area contributed by atoms with Crippen LogP contribution >= 0.6 is 23.4 Å². The number of piperidine rings is 1. The highest BCUT2D eigenvalue weighted by Crippen LogP contribution is 2.24. The first-order valence-electron chi connectivity index (χ1n) is 8.29. The van der Waals surface area contributed by atoms with Gasteiger partial charge in [-0.15, -0.1) is 0 Å². The number of hydrogen-bond acceptors (Lipinski definition) is 6. The van der Waals surface area contributed by atoms with Crippen LogP contribution in [0.15, 0.2) is 35.6 Å². The fraction of sp³-hybridized carbons (Fsp3) is 0.412. The van der Waals surface area contributed by atoms with Crippen LogP contribution in [0.25, 0.3) is 0 Å². The molecule has 1 fully saturated rings. The van der Waals surface area contributed by atoms with Crippen molar-refractivity contribution in [2.24, 2.45) is 0 Å². The summed E-state index contributed by atoms with van der Waals surface area (Å²) in [6, 6.07) is 7.40. The predicted molar refractivity (Wildman–Crippen MR) is 99.9 cm³/mol. The van der Waals surface area contributed by atoms with Gasteiger partial charge in [0.15, 0.2) is 5.16 Å². The second-order valence-electron chi connectivity index (χ2n) is 5.77. The van der Waals surface area contributed by atoms with Crippen molar-refractivity contribution >= 4 is 35.1 Å². The molecule has 3 heterocycles. The summed E-state index contributed by atoms with van der Waals surface area (Å²) >= 11 is 7.42. The monoisotopic (exact) mass is 377 g/mol. The van der Waals surface area contributed by atoms with E-state index in [0.717, 1.165) is 24.6 Å². The van der Waals surface area contributed by atoms with Crippen LogP contribution in [0.1, 0.15) is 25.0 Å². The molecular weight excluding hydrogens is 358 g/mol. The minimum absolute atomic E-state index is 0.0845. The number of carbonyl (C=O) groups excluding carboxylic acids is 1. The third kappa shape index (κ3) is 5.57. The first kappa shape index (κ1) is 17.9. The van der Waals surface area contributed by atoms with Crippen LogP contribution in [0.4, 0.5) is 5.82 Å². The zero-order valence-corrected chi connectivity index (χ0v) is 15.4. The predicted octanol–water partition coefficient (Wildman–Crippen LogP) is 2.92. The molecular formula is C17H20ClN5OS. The molecule has 132 valence electrons. The summed E-state index contributed by atoms with van der Waals surface area (Å²) in [5.74, 6) is 1.00. The minimum atomic E-state index is -0.0845. The number of thioether (sulfide) groups is 1. The lowest BCUT2D eigenvalue weighted by atomic mass is 10.1. The first-order valence-corrected chi connectivity index (χ1v) is 9.66. The number of pyridine rings is 1. The van der Waals surface area contributed by atoms with Gasteiger partial charge in [0.05, 0.1) is 18.0 Å². The van der Waals surface area contributed by atoms with Gasteiger partial charge in [-0.1, -0.05) is 29.4 Å². The van der Waals surface area contributed by atoms with E-state index >= 15 is 0 Å². The smallest absolute Gasteiger partial charge is 0.230 e. The van der Waals surface area contributed by atoms with E-state index in [1.807, 2.05) is 18.2 Å². The summed E-state index contributed by atoms with van der Waals surface area (Å²) in [5.41, 5.74) is 0.826. The molecule has 0 atom stereocenters. The van der Waals surface area contributed by atoms with Gasteiger partial charge < -0.3 is 10.2 Å². The fourth-order valence-electron chi connectivity index (χ4n) is 2.61. The van der Waals surface area contributed by atoms with Crippen LogP contribution < -0.4 is 10.2 Å². The van der Waals surface area contributed by atoms with Gasteiger partial charge in [0.2, 0.25) is 5.91 Å². The van der Waals surface area contributed by atoms with Gasteiger partial charge in [0.1, 0.15) is 11.0 Å². The Hall–Kier alpha value is -1.86. The molecule has 1 amide bonds. The van der Waals surface area contributed by atoms with Crippen molar-refractivity contribution in [3.8, 4) is 0 Å². The lowest BCUT2D eigenvalue weighted by Gasteiger charge is -2.27. The lowest BCUT2D eigenvalue weighted by Crippen LogP contribution is -2.30. The molecule has 1 aliphatic heterocycles. The number of nitrogens with zero attached hydrogens (tertiary/aromatic N) is 4. The number of aromatic nitrogens is 3. The molecule has 0 radical (unpaired) electrons. The SMILES string of the molecule is O=C(CSc1nc(Cl)cc(N2CCCCC2)n1)NCc1ccccn1. The maximum Gasteiger partial charge on any atom is 0.230 e. The summed E-state index contributed by atoms with van der Waals surface area (Å²) in [7, 11) is 0. The maximum atomic E-state index is 12.0. The Bertz CT molecular complexity index is 709. The Morgan fingerprint density at radius 2 is 2.08 bits per heavy atom. The van der Waals surface area contributed by atoms with Crippen LogP contribution in [0.5, 0.6) is 0 Å². The van der Waals surface area contributed by atoms with E-state index in [1.54, 1.807) is 12.3 Å². The van der Waals surface area contributed by atoms with Gasteiger partial charge in [-0.05, 0) is 31.4 Å². The third-order valence-electron chi connectivity index (χ3n) is 3.87. The van der Waals surface area contributed by atoms with Crippen molar-refractivity contribution in [1.29, 1.82) is 0 Å². The Morgan fingerprint density at radius 3 is 2.84 bits per heavy atom. The maximum absolute atomic E-state index is 12.0. The van der Waals surface area contributed by atoms with Crippen LogP contribution in [-0.2, 0) is 11.3 Å². The van der Waals surface area contributed by atoms with Crippen molar-refractivity contribution in [2.75, 3.05) is 23.7 Å². The van der Waals surface area contributed by atoms with Crippen LogP contribution in [0.2, 0.25) is 5.15 Å². The molecule has 8 heteroatoms. The van der Waals surface area contributed by atoms with Gasteiger partial charge in [-0.2, -0.15) is 0 Å². The molecule has 6 nitrogen and oxygen atoms in total. The molecule has 1 aliphatic rings. The summed E-state index contributed by atoms with van der Waals surface area (Å²) in [6.45, 7) is 2.39. The average Bonchev–Trinajstić information content (AvgIpc) is 2.66. The molecule has 0 bridgehead atoms. The van der Waals surface area contributed by atoms with Crippen molar-refractivity contribution < 1.29 is 4.79 Å². The zero-order valence-electron chi connectivity index (χ0n) is 13.8. The Labute approximate surface area is 156 Å². The van der Waals surface area contributed by atoms with Crippen molar-refractivity contribution in [2.45, 2.75) is 31.0 Å². The number of halogens is 1. The molecule has 1 saturated heterocycles. The summed E-state index contributed by atoms with van der Waals surface area (Å²) < 4.78 is 0. The quantitative estimate of drug-likeness (QED) is 0.474. The Morgan fingerprint density at radius 1 is 1.24 bits per heavy atom. The van der Waals surface area contributed by atoms with E-state index in [2.05, 4.69) is 25.2 Å². The van der Waals surface area contributed by atoms with Gasteiger partial charge in [0.25, 0.3) is 0 Å². The molecule has 0 unspecified atom stereocenters. The van der Waals surface area contributed by atoms with Crippen molar-refractivity contribution in [3.05, 3.63) is 41.3 Å². The van der Waals surface area contributed by atoms with Gasteiger partial charge >= 0.3 is 0 Å². The van der Waals surface area contributed by atoms with Gasteiger partial charge in [-0.25, -0.2) is 9.97 Å². The molecule has 0 spiro atoms. The Kier molecular flexibility index (Phi) is 6.47. The largest absolute Gasteiger partial charge is 0.356 e. The number of hydrogen-bond donors (Lipinski definition) is 1. The average molecular weight is 378 g/mol. The van der Waals surface area contributed by atoms with E-state index in [0.29, 0.717) is 16.9 Å². The summed E-state index contributed by atoms with van der Waals surface area (Å²) in [5, 5.41) is 3.78. The fourth-order valence-corrected chi connectivity index (χ4v) is 3.52. The van der Waals surface area contributed by atoms with E-state index < -0.39 is 0 Å². The van der Waals surface area contributed by atoms with Crippen LogP contribution in [0.3, 0.4) is 0 Å². The van der Waals surface area contributed by atoms with Crippen LogP contribution in [-0.4, -0.2) is 39.7 Å². The molecule has 3 rings (SSSR count). The highest BCUT2D eigenvalue weighted by Gasteiger charge is 2.15. The summed E-state index contributed by atoms with van der Waals surface area (Å²) in [6.07, 6.45) is 5.30. The highest BCUT2D eigenvalue weighted by atomic mass is 35.5. The van der Waals surface area contributed by atoms with Crippen molar-refractivity contribution in [3.63, 3.8) is 0 Å². The molecule has 25 heavy (non-hydrogen) atoms. The van der Waals surface area contributed by atoms with Crippen molar-refractivity contribution in [1.82, 2.24) is 20.3 Å². The second kappa shape index (κ2) is 9.01. The standard InChI is InChI=1S/C17H20ClN5OS/c18-14-10-15(23-8-4-1-5-9-23)22-17(21-14)25-12-16(24)20-11-13-6-2-3-7-19-13/h2-3,6-7,10H,1,4-5,8-9,11-12H2,(H,20,24). The summed E-state index contributed by atoms with van der Waals surface area (Å²) in [4.78, 5) is 27.2. The van der Waals surface area contributed by atoms with E-state index in [-0.39, 0.29) is 11.7 Å². The van der Waals surface area contributed by atoms with Gasteiger partial charge in [0, 0.05) is 25.4 Å². The molecule has 2 aromatic rings. The second-order valence-corrected chi connectivity index (χ2v) is 7.10. The molecule has 0 aliphatic carbocycles. The van der Waals surface area contributed by atoms with E-state index in [1.165, 1.54) is 31.0 Å². The number of nitrogens with one attached hydrogen (secondary N) is 1. The lowest BCUT2D eigenvalue weighted by molar-refractivity contribution is -0.118. The van der Waals surface area contributed by atoms with E-state index in [9.17, 15) is 4.79 Å². The molecule has 2 aromatic heterocycles. The third-order valence-corrected chi connectivity index (χ3v) is 4.91. The van der Waals surface area contributed by atoms with Crippen LogP contribution in [0, 0.1) is 0 Å². The number of carbonyl (C=O) groups is 1. The Balaban J connectivity index is 1.53. The number of amides is 1. The number of rotatable bonds is 6. The molecule has 0 aromatic carbocycles. The highest BCUT2D eigenvalue weighted by molar-refractivity contribution is 7.99. The van der Waals surface area contributed by atoms with E-state index in [4.69, 9.17) is 11.6 Å². The molecule has 0 saturated carbocycles. The number of anilines is 1. The normalized spacial score (nSPS) is 14.4. The first-order chi connectivity index (χ1) is 12.2. The zero-order chi connectivity index (χ0) is 17.5.